The van der Waals surface area contributed by atoms with Crippen LogP contribution in [-0.4, -0.2) is 35.5 Å². The summed E-state index contributed by atoms with van der Waals surface area (Å²) in [6.45, 7) is 6.86. The SMILES string of the molecule is CC1(C)C(NC(=O)c2ccc3oc(C4CC4)cc3c2)C2CCN1CC2. The van der Waals surface area contributed by atoms with Crippen molar-refractivity contribution < 1.29 is 9.21 Å². The van der Waals surface area contributed by atoms with Crippen LogP contribution in [0.5, 0.6) is 0 Å². The molecule has 0 radical (unpaired) electrons. The van der Waals surface area contributed by atoms with Crippen LogP contribution in [0.15, 0.2) is 28.7 Å². The third-order valence-electron chi connectivity index (χ3n) is 6.65. The fourth-order valence-electron chi connectivity index (χ4n) is 4.88. The molecular weight excluding hydrogens is 312 g/mol. The fraction of sp³-hybridized carbons (Fsp3) is 0.571. The molecule has 1 N–H and O–H groups in total. The summed E-state index contributed by atoms with van der Waals surface area (Å²) < 4.78 is 5.91. The van der Waals surface area contributed by atoms with E-state index in [-0.39, 0.29) is 17.5 Å². The summed E-state index contributed by atoms with van der Waals surface area (Å²) in [4.78, 5) is 15.4. The smallest absolute Gasteiger partial charge is 0.251 e. The number of carbonyl (C=O) groups is 1. The van der Waals surface area contributed by atoms with E-state index in [0.29, 0.717) is 11.8 Å². The van der Waals surface area contributed by atoms with Crippen LogP contribution in [-0.2, 0) is 0 Å². The van der Waals surface area contributed by atoms with E-state index in [2.05, 4.69) is 30.1 Å². The van der Waals surface area contributed by atoms with Crippen molar-refractivity contribution in [1.29, 1.82) is 0 Å². The first-order valence-corrected chi connectivity index (χ1v) is 9.62. The standard InChI is InChI=1S/C21H26N2O2/c1-21(2)19(14-7-9-23(21)10-8-14)22-20(24)15-5-6-17-16(11-15)12-18(25-17)13-3-4-13/h5-6,11-14,19H,3-4,7-10H2,1-2H3,(H,22,24). The van der Waals surface area contributed by atoms with Crippen LogP contribution >= 0.6 is 0 Å². The van der Waals surface area contributed by atoms with Crippen LogP contribution in [0.4, 0.5) is 0 Å². The third kappa shape index (κ3) is 2.50. The van der Waals surface area contributed by atoms with Gasteiger partial charge in [0.05, 0.1) is 0 Å². The van der Waals surface area contributed by atoms with Gasteiger partial charge in [-0.2, -0.15) is 0 Å². The minimum atomic E-state index is 0.0374. The van der Waals surface area contributed by atoms with Gasteiger partial charge in [-0.15, -0.1) is 0 Å². The van der Waals surface area contributed by atoms with Gasteiger partial charge in [-0.1, -0.05) is 0 Å². The number of furan rings is 1. The molecule has 0 spiro atoms. The summed E-state index contributed by atoms with van der Waals surface area (Å²) in [6.07, 6.45) is 4.84. The lowest BCUT2D eigenvalue weighted by Gasteiger charge is -2.56. The van der Waals surface area contributed by atoms with Gasteiger partial charge in [-0.3, -0.25) is 9.69 Å². The van der Waals surface area contributed by atoms with Crippen molar-refractivity contribution in [2.45, 2.75) is 57.0 Å². The van der Waals surface area contributed by atoms with Crippen LogP contribution in [0.25, 0.3) is 11.0 Å². The van der Waals surface area contributed by atoms with Gasteiger partial charge in [0.1, 0.15) is 11.3 Å². The lowest BCUT2D eigenvalue weighted by Crippen LogP contribution is -2.69. The molecule has 1 aliphatic carbocycles. The highest BCUT2D eigenvalue weighted by Crippen LogP contribution is 2.42. The molecule has 1 unspecified atom stereocenters. The molecule has 1 amide bonds. The Morgan fingerprint density at radius 2 is 1.92 bits per heavy atom. The van der Waals surface area contributed by atoms with Crippen molar-refractivity contribution in [3.63, 3.8) is 0 Å². The van der Waals surface area contributed by atoms with Gasteiger partial charge in [0, 0.05) is 28.4 Å². The molecule has 4 fully saturated rings. The average Bonchev–Trinajstić information content (AvgIpc) is 3.37. The van der Waals surface area contributed by atoms with Crippen molar-refractivity contribution in [3.05, 3.63) is 35.6 Å². The monoisotopic (exact) mass is 338 g/mol. The number of benzene rings is 1. The normalized spacial score (nSPS) is 30.6. The molecule has 6 rings (SSSR count). The number of nitrogens with zero attached hydrogens (tertiary/aromatic N) is 1. The van der Waals surface area contributed by atoms with E-state index in [1.165, 1.54) is 25.7 Å². The molecule has 1 aromatic carbocycles. The molecule has 3 aliphatic heterocycles. The lowest BCUT2D eigenvalue weighted by molar-refractivity contribution is -0.0378. The van der Waals surface area contributed by atoms with Crippen LogP contribution in [0, 0.1) is 5.92 Å². The molecule has 25 heavy (non-hydrogen) atoms. The van der Waals surface area contributed by atoms with E-state index in [1.807, 2.05) is 18.2 Å². The summed E-state index contributed by atoms with van der Waals surface area (Å²) in [5.41, 5.74) is 1.67. The number of piperidine rings is 3. The maximum Gasteiger partial charge on any atom is 0.251 e. The molecule has 2 bridgehead atoms. The van der Waals surface area contributed by atoms with E-state index in [9.17, 15) is 4.79 Å². The van der Waals surface area contributed by atoms with Crippen LogP contribution < -0.4 is 5.32 Å². The molecule has 132 valence electrons. The summed E-state index contributed by atoms with van der Waals surface area (Å²) in [7, 11) is 0. The van der Waals surface area contributed by atoms with Gasteiger partial charge in [0.25, 0.3) is 5.91 Å². The highest BCUT2D eigenvalue weighted by atomic mass is 16.3. The molecule has 4 nitrogen and oxygen atoms in total. The maximum atomic E-state index is 12.9. The predicted molar refractivity (Wildman–Crippen MR) is 97.8 cm³/mol. The number of nitrogens with one attached hydrogen (secondary N) is 1. The van der Waals surface area contributed by atoms with Crippen LogP contribution in [0.2, 0.25) is 0 Å². The number of fused-ring (bicyclic) bond motifs is 4. The minimum Gasteiger partial charge on any atom is -0.461 e. The van der Waals surface area contributed by atoms with Crippen molar-refractivity contribution in [2.75, 3.05) is 13.1 Å². The quantitative estimate of drug-likeness (QED) is 0.923. The van der Waals surface area contributed by atoms with E-state index in [4.69, 9.17) is 4.42 Å². The molecule has 4 heteroatoms. The molecular formula is C21H26N2O2. The third-order valence-corrected chi connectivity index (χ3v) is 6.65. The van der Waals surface area contributed by atoms with E-state index in [0.717, 1.165) is 35.4 Å². The zero-order valence-corrected chi connectivity index (χ0v) is 15.0. The summed E-state index contributed by atoms with van der Waals surface area (Å²) in [5, 5.41) is 4.40. The molecule has 4 aliphatic rings. The first-order valence-electron chi connectivity index (χ1n) is 9.62. The number of hydrogen-bond acceptors (Lipinski definition) is 3. The second-order valence-corrected chi connectivity index (χ2v) is 8.60. The second-order valence-electron chi connectivity index (χ2n) is 8.60. The van der Waals surface area contributed by atoms with Crippen LogP contribution in [0.3, 0.4) is 0 Å². The van der Waals surface area contributed by atoms with Crippen molar-refractivity contribution in [1.82, 2.24) is 10.2 Å². The van der Waals surface area contributed by atoms with E-state index >= 15 is 0 Å². The lowest BCUT2D eigenvalue weighted by atomic mass is 9.72. The zero-order valence-electron chi connectivity index (χ0n) is 15.0. The average molecular weight is 338 g/mol. The molecule has 1 aromatic heterocycles. The Balaban J connectivity index is 1.39. The Morgan fingerprint density at radius 3 is 2.60 bits per heavy atom. The largest absolute Gasteiger partial charge is 0.461 e. The number of carbonyl (C=O) groups excluding carboxylic acids is 1. The Bertz CT molecular complexity index is 826. The maximum absolute atomic E-state index is 12.9. The Hall–Kier alpha value is -1.81. The van der Waals surface area contributed by atoms with Crippen LogP contribution in [0.1, 0.15) is 61.6 Å². The first-order chi connectivity index (χ1) is 12.0. The van der Waals surface area contributed by atoms with Crippen molar-refractivity contribution >= 4 is 16.9 Å². The van der Waals surface area contributed by atoms with E-state index in [1.54, 1.807) is 0 Å². The minimum absolute atomic E-state index is 0.0374. The Labute approximate surface area is 148 Å². The summed E-state index contributed by atoms with van der Waals surface area (Å²) in [6, 6.07) is 8.16. The van der Waals surface area contributed by atoms with Gasteiger partial charge < -0.3 is 9.73 Å². The van der Waals surface area contributed by atoms with Crippen molar-refractivity contribution in [3.8, 4) is 0 Å². The van der Waals surface area contributed by atoms with E-state index < -0.39 is 0 Å². The fourth-order valence-corrected chi connectivity index (χ4v) is 4.88. The molecule has 1 atom stereocenters. The second kappa shape index (κ2) is 5.34. The van der Waals surface area contributed by atoms with Gasteiger partial charge in [-0.05, 0) is 82.8 Å². The molecule has 2 aromatic rings. The van der Waals surface area contributed by atoms with Crippen molar-refractivity contribution in [2.24, 2.45) is 5.92 Å². The number of hydrogen-bond donors (Lipinski definition) is 1. The van der Waals surface area contributed by atoms with Gasteiger partial charge in [-0.25, -0.2) is 0 Å². The Kier molecular flexibility index (Phi) is 3.30. The molecule has 4 heterocycles. The zero-order chi connectivity index (χ0) is 17.2. The van der Waals surface area contributed by atoms with Gasteiger partial charge in [0.15, 0.2) is 0 Å². The summed E-state index contributed by atoms with van der Waals surface area (Å²) in [5.74, 6) is 2.31. The number of amides is 1. The van der Waals surface area contributed by atoms with Gasteiger partial charge >= 0.3 is 0 Å². The first kappa shape index (κ1) is 15.4. The topological polar surface area (TPSA) is 45.5 Å². The van der Waals surface area contributed by atoms with Gasteiger partial charge in [0.2, 0.25) is 0 Å². The predicted octanol–water partition coefficient (Wildman–Crippen LogP) is 3.91. The summed E-state index contributed by atoms with van der Waals surface area (Å²) >= 11 is 0. The molecule has 3 saturated heterocycles. The highest BCUT2D eigenvalue weighted by molar-refractivity contribution is 5.98. The molecule has 1 saturated carbocycles. The number of rotatable bonds is 3. The Morgan fingerprint density at radius 1 is 1.16 bits per heavy atom. The highest BCUT2D eigenvalue weighted by Gasteiger charge is 2.48.